The Morgan fingerprint density at radius 2 is 1.33 bits per heavy atom. The summed E-state index contributed by atoms with van der Waals surface area (Å²) in [5.74, 6) is 0.970. The average Bonchev–Trinajstić information content (AvgIpc) is 3.53. The number of rotatable bonds is 7. The molecule has 3 atom stereocenters. The normalized spacial score (nSPS) is 23.5. The number of phenols is 2. The van der Waals surface area contributed by atoms with Crippen LogP contribution >= 0.6 is 0 Å². The minimum Gasteiger partial charge on any atom is -0.508 e. The SMILES string of the molecule is O=C1CCC(N2Cc3cc(N4CCN(CC5CCN(c6ccc([C@@H]7c8ccc(O)cc8CC[C@@H]7c7ccc(O)cc7)cc6)CC5)CC4)ccc3C2=O)C(=O)N1. The maximum absolute atomic E-state index is 13.2. The molecule has 0 aromatic heterocycles. The lowest BCUT2D eigenvalue weighted by Crippen LogP contribution is -2.52. The molecule has 0 bridgehead atoms. The molecule has 0 spiro atoms. The predicted molar refractivity (Wildman–Crippen MR) is 212 cm³/mol. The van der Waals surface area contributed by atoms with Gasteiger partial charge in [-0.3, -0.25) is 24.6 Å². The molecule has 0 radical (unpaired) electrons. The lowest BCUT2D eigenvalue weighted by molar-refractivity contribution is -0.136. The number of benzene rings is 4. The topological polar surface area (TPSA) is 117 Å². The Labute approximate surface area is 322 Å². The van der Waals surface area contributed by atoms with E-state index in [0.717, 1.165) is 69.9 Å². The molecule has 3 amide bonds. The van der Waals surface area contributed by atoms with Gasteiger partial charge in [-0.15, -0.1) is 0 Å². The standard InChI is InChI=1S/C45H49N5O5/c51-36-9-3-30(4-10-36)38-12-5-32-26-37(52)11-14-39(32)43(38)31-1-6-34(7-2-31)48-19-17-29(18-20-48)27-47-21-23-49(24-22-47)35-8-13-40-33(25-35)28-50(45(40)55)41-15-16-42(53)46-44(41)54/h1-4,6-11,13-14,25-26,29,38,41,43,51-52H,5,12,15-24,27-28H2,(H,46,53,54)/t38-,41?,43+/m1/s1. The number of hydrogen-bond acceptors (Lipinski definition) is 8. The van der Waals surface area contributed by atoms with Crippen molar-refractivity contribution >= 4 is 29.1 Å². The minimum absolute atomic E-state index is 0.128. The maximum Gasteiger partial charge on any atom is 0.255 e. The fourth-order valence-electron chi connectivity index (χ4n) is 9.88. The summed E-state index contributed by atoms with van der Waals surface area (Å²) in [6, 6.07) is 28.1. The summed E-state index contributed by atoms with van der Waals surface area (Å²) in [5.41, 5.74) is 9.02. The molecule has 284 valence electrons. The van der Waals surface area contributed by atoms with E-state index >= 15 is 0 Å². The first kappa shape index (κ1) is 35.4. The van der Waals surface area contributed by atoms with Crippen LogP contribution in [0.5, 0.6) is 11.5 Å². The number of aryl methyl sites for hydroxylation is 1. The Hall–Kier alpha value is -5.35. The van der Waals surface area contributed by atoms with Gasteiger partial charge in [0.1, 0.15) is 17.5 Å². The van der Waals surface area contributed by atoms with Crippen LogP contribution in [0, 0.1) is 5.92 Å². The maximum atomic E-state index is 13.2. The number of carbonyl (C=O) groups excluding carboxylic acids is 3. The van der Waals surface area contributed by atoms with Gasteiger partial charge in [0.15, 0.2) is 0 Å². The van der Waals surface area contributed by atoms with E-state index in [0.29, 0.717) is 30.2 Å². The summed E-state index contributed by atoms with van der Waals surface area (Å²) in [6.45, 7) is 7.52. The zero-order chi connectivity index (χ0) is 37.6. The molecule has 3 fully saturated rings. The van der Waals surface area contributed by atoms with Crippen LogP contribution in [0.2, 0.25) is 0 Å². The number of phenolic OH excluding ortho intramolecular Hbond substituents is 2. The van der Waals surface area contributed by atoms with Crippen molar-refractivity contribution < 1.29 is 24.6 Å². The Bertz CT molecular complexity index is 2090. The molecule has 10 nitrogen and oxygen atoms in total. The van der Waals surface area contributed by atoms with E-state index in [1.807, 2.05) is 24.3 Å². The van der Waals surface area contributed by atoms with Gasteiger partial charge >= 0.3 is 0 Å². The van der Waals surface area contributed by atoms with Gasteiger partial charge in [0.05, 0.1) is 0 Å². The number of amides is 3. The van der Waals surface area contributed by atoms with Crippen molar-refractivity contribution in [2.24, 2.45) is 5.92 Å². The first-order chi connectivity index (χ1) is 26.8. The summed E-state index contributed by atoms with van der Waals surface area (Å²) in [5, 5.41) is 22.6. The number of piperazine rings is 1. The van der Waals surface area contributed by atoms with Gasteiger partial charge in [-0.05, 0) is 126 Å². The zero-order valence-corrected chi connectivity index (χ0v) is 31.2. The van der Waals surface area contributed by atoms with Gasteiger partial charge in [-0.25, -0.2) is 0 Å². The molecule has 10 heteroatoms. The molecular formula is C45H49N5O5. The number of piperidine rings is 2. The first-order valence-corrected chi connectivity index (χ1v) is 20.0. The summed E-state index contributed by atoms with van der Waals surface area (Å²) >= 11 is 0. The molecule has 4 heterocycles. The second-order valence-electron chi connectivity index (χ2n) is 16.1. The molecule has 4 aliphatic heterocycles. The number of carbonyl (C=O) groups is 3. The third kappa shape index (κ3) is 7.04. The van der Waals surface area contributed by atoms with Gasteiger partial charge in [0, 0.05) is 81.6 Å². The Morgan fingerprint density at radius 1 is 0.636 bits per heavy atom. The van der Waals surface area contributed by atoms with Crippen LogP contribution in [0.1, 0.15) is 82.1 Å². The van der Waals surface area contributed by atoms with Crippen molar-refractivity contribution in [1.29, 1.82) is 0 Å². The summed E-state index contributed by atoms with van der Waals surface area (Å²) in [6.07, 6.45) is 4.88. The molecule has 55 heavy (non-hydrogen) atoms. The molecule has 5 aliphatic rings. The van der Waals surface area contributed by atoms with Crippen LogP contribution in [0.3, 0.4) is 0 Å². The molecule has 4 aromatic rings. The van der Waals surface area contributed by atoms with Crippen LogP contribution in [0.15, 0.2) is 84.9 Å². The zero-order valence-electron chi connectivity index (χ0n) is 31.2. The van der Waals surface area contributed by atoms with Gasteiger partial charge in [0.25, 0.3) is 5.91 Å². The van der Waals surface area contributed by atoms with Crippen molar-refractivity contribution in [3.8, 4) is 11.5 Å². The van der Waals surface area contributed by atoms with E-state index in [9.17, 15) is 24.6 Å². The van der Waals surface area contributed by atoms with Crippen molar-refractivity contribution in [2.75, 3.05) is 55.6 Å². The fraction of sp³-hybridized carbons (Fsp3) is 0.400. The molecule has 9 rings (SSSR count). The number of nitrogens with one attached hydrogen (secondary N) is 1. The van der Waals surface area contributed by atoms with E-state index in [1.165, 1.54) is 40.8 Å². The molecular weight excluding hydrogens is 691 g/mol. The number of anilines is 2. The largest absolute Gasteiger partial charge is 0.508 e. The van der Waals surface area contributed by atoms with Crippen LogP contribution in [-0.2, 0) is 22.6 Å². The van der Waals surface area contributed by atoms with E-state index < -0.39 is 6.04 Å². The number of fused-ring (bicyclic) bond motifs is 2. The van der Waals surface area contributed by atoms with E-state index in [1.54, 1.807) is 17.0 Å². The van der Waals surface area contributed by atoms with Crippen LogP contribution in [0.4, 0.5) is 11.4 Å². The molecule has 1 unspecified atom stereocenters. The monoisotopic (exact) mass is 739 g/mol. The molecule has 3 saturated heterocycles. The van der Waals surface area contributed by atoms with Gasteiger partial charge in [0.2, 0.25) is 11.8 Å². The second-order valence-corrected chi connectivity index (χ2v) is 16.1. The molecule has 0 saturated carbocycles. The van der Waals surface area contributed by atoms with Gasteiger partial charge in [-0.2, -0.15) is 0 Å². The summed E-state index contributed by atoms with van der Waals surface area (Å²) in [7, 11) is 0. The lowest BCUT2D eigenvalue weighted by Gasteiger charge is -2.40. The van der Waals surface area contributed by atoms with Gasteiger partial charge < -0.3 is 24.9 Å². The smallest absolute Gasteiger partial charge is 0.255 e. The minimum atomic E-state index is -0.592. The number of nitrogens with zero attached hydrogens (tertiary/aromatic N) is 4. The predicted octanol–water partition coefficient (Wildman–Crippen LogP) is 5.76. The third-order valence-corrected chi connectivity index (χ3v) is 12.9. The van der Waals surface area contributed by atoms with Crippen molar-refractivity contribution in [2.45, 2.75) is 62.9 Å². The second kappa shape index (κ2) is 14.7. The van der Waals surface area contributed by atoms with E-state index in [4.69, 9.17) is 0 Å². The van der Waals surface area contributed by atoms with Crippen LogP contribution in [0.25, 0.3) is 0 Å². The van der Waals surface area contributed by atoms with Crippen LogP contribution < -0.4 is 15.1 Å². The highest BCUT2D eigenvalue weighted by molar-refractivity contribution is 6.05. The van der Waals surface area contributed by atoms with E-state index in [2.05, 4.69) is 68.5 Å². The van der Waals surface area contributed by atoms with Crippen LogP contribution in [-0.4, -0.2) is 89.6 Å². The Morgan fingerprint density at radius 3 is 2.07 bits per heavy atom. The first-order valence-electron chi connectivity index (χ1n) is 20.0. The quantitative estimate of drug-likeness (QED) is 0.205. The Balaban J connectivity index is 0.783. The van der Waals surface area contributed by atoms with Gasteiger partial charge in [-0.1, -0.05) is 30.3 Å². The summed E-state index contributed by atoms with van der Waals surface area (Å²) < 4.78 is 0. The van der Waals surface area contributed by atoms with Crippen molar-refractivity contribution in [1.82, 2.24) is 15.1 Å². The molecule has 3 N–H and O–H groups in total. The Kier molecular flexibility index (Phi) is 9.46. The third-order valence-electron chi connectivity index (χ3n) is 12.9. The lowest BCUT2D eigenvalue weighted by atomic mass is 9.69. The number of hydrogen-bond donors (Lipinski definition) is 3. The highest BCUT2D eigenvalue weighted by Crippen LogP contribution is 2.47. The molecule has 1 aliphatic carbocycles. The van der Waals surface area contributed by atoms with Crippen molar-refractivity contribution in [3.05, 3.63) is 118 Å². The van der Waals surface area contributed by atoms with Crippen molar-refractivity contribution in [3.63, 3.8) is 0 Å². The number of imide groups is 1. The fourth-order valence-corrected chi connectivity index (χ4v) is 9.88. The average molecular weight is 740 g/mol. The van der Waals surface area contributed by atoms with E-state index in [-0.39, 0.29) is 41.7 Å². The number of aromatic hydroxyl groups is 2. The highest BCUT2D eigenvalue weighted by Gasteiger charge is 2.39. The molecule has 4 aromatic carbocycles. The summed E-state index contributed by atoms with van der Waals surface area (Å²) in [4.78, 5) is 46.4. The highest BCUT2D eigenvalue weighted by atomic mass is 16.3.